The van der Waals surface area contributed by atoms with Crippen molar-refractivity contribution in [3.63, 3.8) is 0 Å². The van der Waals surface area contributed by atoms with Gasteiger partial charge in [0.05, 0.1) is 11.4 Å². The van der Waals surface area contributed by atoms with Crippen molar-refractivity contribution in [2.75, 3.05) is 5.73 Å². The number of aromatic nitrogens is 1. The van der Waals surface area contributed by atoms with Crippen LogP contribution >= 0.6 is 0 Å². The van der Waals surface area contributed by atoms with E-state index in [1.807, 2.05) is 0 Å². The van der Waals surface area contributed by atoms with Crippen LogP contribution in [0, 0.1) is 11.6 Å². The molecule has 0 spiro atoms. The van der Waals surface area contributed by atoms with Gasteiger partial charge < -0.3 is 5.73 Å². The van der Waals surface area contributed by atoms with E-state index in [1.165, 1.54) is 0 Å². The molecular weight excluding hydrogens is 289 g/mol. The zero-order chi connectivity index (χ0) is 15.7. The highest BCUT2D eigenvalue weighted by atomic mass is 19.1. The van der Waals surface area contributed by atoms with Crippen LogP contribution in [-0.2, 0) is 0 Å². The number of benzene rings is 1. The molecule has 5 heteroatoms. The summed E-state index contributed by atoms with van der Waals surface area (Å²) in [7, 11) is 0. The molecule has 1 aliphatic carbocycles. The molecular formula is C17H17F3N2. The summed E-state index contributed by atoms with van der Waals surface area (Å²) in [6, 6.07) is 4.86. The second-order valence-electron chi connectivity index (χ2n) is 5.73. The molecule has 2 N–H and O–H groups in total. The van der Waals surface area contributed by atoms with E-state index in [0.717, 1.165) is 18.2 Å². The van der Waals surface area contributed by atoms with Crippen LogP contribution < -0.4 is 5.73 Å². The summed E-state index contributed by atoms with van der Waals surface area (Å²) < 4.78 is 40.6. The van der Waals surface area contributed by atoms with Crippen LogP contribution in [0.4, 0.5) is 18.9 Å². The Kier molecular flexibility index (Phi) is 4.05. The van der Waals surface area contributed by atoms with Gasteiger partial charge in [0.2, 0.25) is 0 Å². The zero-order valence-electron chi connectivity index (χ0n) is 12.0. The minimum atomic E-state index is -0.763. The fourth-order valence-corrected chi connectivity index (χ4v) is 3.08. The van der Waals surface area contributed by atoms with Crippen molar-refractivity contribution in [2.45, 2.75) is 37.8 Å². The van der Waals surface area contributed by atoms with Crippen LogP contribution in [0.25, 0.3) is 11.1 Å². The molecule has 1 aromatic carbocycles. The Bertz CT molecular complexity index is 680. The lowest BCUT2D eigenvalue weighted by atomic mass is 9.84. The number of pyridine rings is 1. The van der Waals surface area contributed by atoms with Gasteiger partial charge >= 0.3 is 0 Å². The van der Waals surface area contributed by atoms with Crippen LogP contribution in [0.15, 0.2) is 30.5 Å². The molecule has 0 saturated heterocycles. The van der Waals surface area contributed by atoms with Crippen molar-refractivity contribution in [3.05, 3.63) is 47.8 Å². The third-order valence-electron chi connectivity index (χ3n) is 4.28. The van der Waals surface area contributed by atoms with E-state index < -0.39 is 17.8 Å². The van der Waals surface area contributed by atoms with Crippen molar-refractivity contribution in [1.82, 2.24) is 4.98 Å². The third-order valence-corrected chi connectivity index (χ3v) is 4.28. The minimum Gasteiger partial charge on any atom is -0.397 e. The largest absolute Gasteiger partial charge is 0.397 e. The predicted octanol–water partition coefficient (Wildman–Crippen LogP) is 4.60. The van der Waals surface area contributed by atoms with Gasteiger partial charge in [-0.2, -0.15) is 0 Å². The first kappa shape index (κ1) is 14.9. The summed E-state index contributed by atoms with van der Waals surface area (Å²) in [6.07, 6.45) is 3.11. The van der Waals surface area contributed by atoms with E-state index in [1.54, 1.807) is 12.3 Å². The summed E-state index contributed by atoms with van der Waals surface area (Å²) in [5, 5.41) is 0. The summed E-state index contributed by atoms with van der Waals surface area (Å²) in [6.45, 7) is 0. The van der Waals surface area contributed by atoms with E-state index in [-0.39, 0.29) is 11.5 Å². The topological polar surface area (TPSA) is 38.9 Å². The van der Waals surface area contributed by atoms with Crippen molar-refractivity contribution in [1.29, 1.82) is 0 Å². The fourth-order valence-electron chi connectivity index (χ4n) is 3.08. The molecule has 3 rings (SSSR count). The molecule has 0 aliphatic heterocycles. The molecule has 2 nitrogen and oxygen atoms in total. The monoisotopic (exact) mass is 306 g/mol. The Hall–Kier alpha value is -2.04. The molecule has 1 aromatic heterocycles. The maximum Gasteiger partial charge on any atom is 0.131 e. The van der Waals surface area contributed by atoms with Gasteiger partial charge in [0, 0.05) is 23.2 Å². The Labute approximate surface area is 127 Å². The van der Waals surface area contributed by atoms with Gasteiger partial charge in [0.1, 0.15) is 17.8 Å². The van der Waals surface area contributed by atoms with Crippen molar-refractivity contribution in [2.24, 2.45) is 0 Å². The normalized spacial score (nSPS) is 21.8. The van der Waals surface area contributed by atoms with E-state index in [2.05, 4.69) is 4.98 Å². The second kappa shape index (κ2) is 5.99. The van der Waals surface area contributed by atoms with Crippen LogP contribution in [0.2, 0.25) is 0 Å². The molecule has 0 atom stereocenters. The molecule has 1 fully saturated rings. The fraction of sp³-hybridized carbons (Fsp3) is 0.353. The lowest BCUT2D eigenvalue weighted by molar-refractivity contribution is 0.234. The van der Waals surface area contributed by atoms with Crippen molar-refractivity contribution >= 4 is 5.69 Å². The lowest BCUT2D eigenvalue weighted by Crippen LogP contribution is -2.16. The van der Waals surface area contributed by atoms with Crippen LogP contribution in [-0.4, -0.2) is 11.2 Å². The number of nitrogens with zero attached hydrogens (tertiary/aromatic N) is 1. The van der Waals surface area contributed by atoms with Crippen LogP contribution in [0.5, 0.6) is 0 Å². The quantitative estimate of drug-likeness (QED) is 0.880. The molecule has 22 heavy (non-hydrogen) atoms. The summed E-state index contributed by atoms with van der Waals surface area (Å²) in [5.41, 5.74) is 7.73. The number of hydrogen-bond acceptors (Lipinski definition) is 2. The predicted molar refractivity (Wildman–Crippen MR) is 80.1 cm³/mol. The van der Waals surface area contributed by atoms with Crippen molar-refractivity contribution in [3.8, 4) is 11.1 Å². The van der Waals surface area contributed by atoms with Gasteiger partial charge in [-0.1, -0.05) is 0 Å². The minimum absolute atomic E-state index is 0.0728. The third kappa shape index (κ3) is 2.80. The van der Waals surface area contributed by atoms with Crippen LogP contribution in [0.3, 0.4) is 0 Å². The first-order valence-electron chi connectivity index (χ1n) is 7.40. The Morgan fingerprint density at radius 2 is 1.73 bits per heavy atom. The Morgan fingerprint density at radius 1 is 1.00 bits per heavy atom. The molecule has 0 bridgehead atoms. The number of alkyl halides is 1. The lowest BCUT2D eigenvalue weighted by Gasteiger charge is -2.25. The number of rotatable bonds is 2. The molecule has 0 amide bonds. The maximum atomic E-state index is 14.0. The average Bonchev–Trinajstić information content (AvgIpc) is 2.51. The number of nitrogens with two attached hydrogens (primary N) is 1. The summed E-state index contributed by atoms with van der Waals surface area (Å²) >= 11 is 0. The first-order valence-corrected chi connectivity index (χ1v) is 7.40. The van der Waals surface area contributed by atoms with Crippen LogP contribution in [0.1, 0.15) is 37.3 Å². The highest BCUT2D eigenvalue weighted by Crippen LogP contribution is 2.39. The number of halogens is 3. The second-order valence-corrected chi connectivity index (χ2v) is 5.73. The highest BCUT2D eigenvalue weighted by Gasteiger charge is 2.25. The smallest absolute Gasteiger partial charge is 0.131 e. The summed E-state index contributed by atoms with van der Waals surface area (Å²) in [4.78, 5) is 4.30. The molecule has 0 radical (unpaired) electrons. The molecule has 1 saturated carbocycles. The van der Waals surface area contributed by atoms with E-state index in [0.29, 0.717) is 42.6 Å². The SMILES string of the molecule is Nc1c(-c2cc(F)ccc2F)ccnc1C1CCC(F)CC1. The van der Waals surface area contributed by atoms with Gasteiger partial charge in [0.25, 0.3) is 0 Å². The number of nitrogen functional groups attached to an aromatic ring is 1. The first-order chi connectivity index (χ1) is 10.6. The zero-order valence-corrected chi connectivity index (χ0v) is 12.0. The number of anilines is 1. The van der Waals surface area contributed by atoms with E-state index in [9.17, 15) is 13.2 Å². The molecule has 116 valence electrons. The van der Waals surface area contributed by atoms with Gasteiger partial charge in [0.15, 0.2) is 0 Å². The molecule has 1 aliphatic rings. The molecule has 2 aromatic rings. The summed E-state index contributed by atoms with van der Waals surface area (Å²) in [5.74, 6) is -0.978. The highest BCUT2D eigenvalue weighted by molar-refractivity contribution is 5.78. The van der Waals surface area contributed by atoms with Gasteiger partial charge in [-0.3, -0.25) is 4.98 Å². The van der Waals surface area contributed by atoms with Crippen molar-refractivity contribution < 1.29 is 13.2 Å². The van der Waals surface area contributed by atoms with Gasteiger partial charge in [-0.25, -0.2) is 13.2 Å². The molecule has 1 heterocycles. The van der Waals surface area contributed by atoms with E-state index in [4.69, 9.17) is 5.73 Å². The Balaban J connectivity index is 2.00. The van der Waals surface area contributed by atoms with E-state index >= 15 is 0 Å². The Morgan fingerprint density at radius 3 is 2.45 bits per heavy atom. The van der Waals surface area contributed by atoms with Gasteiger partial charge in [-0.15, -0.1) is 0 Å². The molecule has 0 unspecified atom stereocenters. The standard InChI is InChI=1S/C17H17F3N2/c18-11-3-1-10(2-4-11)17-16(21)13(7-8-22-17)14-9-12(19)5-6-15(14)20/h5-11H,1-4,21H2. The average molecular weight is 306 g/mol. The maximum absolute atomic E-state index is 14.0. The number of hydrogen-bond donors (Lipinski definition) is 1. The van der Waals surface area contributed by atoms with Gasteiger partial charge in [-0.05, 0) is 49.9 Å².